The molecular weight excluding hydrogens is 371 g/mol. The van der Waals surface area contributed by atoms with Gasteiger partial charge in [-0.05, 0) is 35.7 Å². The maximum atomic E-state index is 13.6. The average Bonchev–Trinajstić information content (AvgIpc) is 3.14. The molecule has 3 atom stereocenters. The predicted octanol–water partition coefficient (Wildman–Crippen LogP) is 4.03. The lowest BCUT2D eigenvalue weighted by atomic mass is 9.88. The molecule has 0 saturated carbocycles. The Morgan fingerprint density at radius 2 is 2.10 bits per heavy atom. The van der Waals surface area contributed by atoms with Crippen molar-refractivity contribution in [2.45, 2.75) is 38.6 Å². The van der Waals surface area contributed by atoms with Gasteiger partial charge in [-0.25, -0.2) is 9.37 Å². The summed E-state index contributed by atoms with van der Waals surface area (Å²) in [4.78, 5) is 33.2. The van der Waals surface area contributed by atoms with Crippen molar-refractivity contribution >= 4 is 28.5 Å². The zero-order valence-corrected chi connectivity index (χ0v) is 16.3. The second kappa shape index (κ2) is 7.66. The van der Waals surface area contributed by atoms with E-state index in [0.29, 0.717) is 17.1 Å². The number of aromatic nitrogens is 2. The second-order valence-corrected chi connectivity index (χ2v) is 7.55. The number of benzene rings is 2. The van der Waals surface area contributed by atoms with Crippen LogP contribution in [-0.2, 0) is 9.59 Å². The number of imidazole rings is 1. The molecule has 0 bridgehead atoms. The van der Waals surface area contributed by atoms with Crippen LogP contribution in [0.2, 0.25) is 0 Å². The van der Waals surface area contributed by atoms with Crippen LogP contribution in [0.25, 0.3) is 11.0 Å². The van der Waals surface area contributed by atoms with Gasteiger partial charge in [-0.2, -0.15) is 0 Å². The van der Waals surface area contributed by atoms with Crippen LogP contribution >= 0.6 is 0 Å². The number of carbonyl (C=O) groups is 2. The van der Waals surface area contributed by atoms with E-state index in [1.165, 1.54) is 12.1 Å². The van der Waals surface area contributed by atoms with Gasteiger partial charge in [-0.15, -0.1) is 0 Å². The number of hydrogen-bond acceptors (Lipinski definition) is 3. The van der Waals surface area contributed by atoms with E-state index in [9.17, 15) is 14.0 Å². The summed E-state index contributed by atoms with van der Waals surface area (Å²) in [6, 6.07) is 11.5. The number of amides is 2. The number of H-pyrrole nitrogens is 1. The third-order valence-electron chi connectivity index (χ3n) is 5.58. The van der Waals surface area contributed by atoms with E-state index in [4.69, 9.17) is 0 Å². The van der Waals surface area contributed by atoms with E-state index in [0.717, 1.165) is 17.5 Å². The monoisotopic (exact) mass is 394 g/mol. The van der Waals surface area contributed by atoms with E-state index in [1.54, 1.807) is 6.07 Å². The molecule has 3 aromatic rings. The predicted molar refractivity (Wildman–Crippen MR) is 109 cm³/mol. The fourth-order valence-corrected chi connectivity index (χ4v) is 3.76. The third kappa shape index (κ3) is 3.72. The molecule has 1 aliphatic rings. The first-order chi connectivity index (χ1) is 14.0. The Kier molecular flexibility index (Phi) is 5.05. The summed E-state index contributed by atoms with van der Waals surface area (Å²) in [5.74, 6) is -0.871. The summed E-state index contributed by atoms with van der Waals surface area (Å²) in [5.41, 5.74) is 2.71. The molecule has 2 aromatic carbocycles. The summed E-state index contributed by atoms with van der Waals surface area (Å²) in [7, 11) is 0. The summed E-state index contributed by atoms with van der Waals surface area (Å²) in [5, 5.41) is 5.73. The molecule has 1 aromatic heterocycles. The number of anilines is 1. The Labute approximate surface area is 167 Å². The zero-order valence-electron chi connectivity index (χ0n) is 16.3. The van der Waals surface area contributed by atoms with Crippen LogP contribution < -0.4 is 10.6 Å². The van der Waals surface area contributed by atoms with Crippen LogP contribution in [0.3, 0.4) is 0 Å². The third-order valence-corrected chi connectivity index (χ3v) is 5.58. The normalized spacial score (nSPS) is 18.0. The molecule has 7 heteroatoms. The van der Waals surface area contributed by atoms with Gasteiger partial charge >= 0.3 is 0 Å². The van der Waals surface area contributed by atoms with Crippen LogP contribution in [0.15, 0.2) is 42.5 Å². The maximum Gasteiger partial charge on any atom is 0.228 e. The van der Waals surface area contributed by atoms with Gasteiger partial charge in [0, 0.05) is 12.1 Å². The average molecular weight is 394 g/mol. The van der Waals surface area contributed by atoms with Gasteiger partial charge in [0.05, 0.1) is 23.0 Å². The SMILES string of the molecule is CCC(C)C(NC(=O)C1CC(=O)Nc2cc(F)ccc21)c1nc2ccccc2[nH]1. The van der Waals surface area contributed by atoms with Crippen LogP contribution in [0.5, 0.6) is 0 Å². The number of nitrogens with zero attached hydrogens (tertiary/aromatic N) is 1. The molecule has 1 aliphatic heterocycles. The standard InChI is InChI=1S/C22H23FN4O2/c1-3-12(2)20(21-25-16-6-4-5-7-17(16)26-21)27-22(29)15-11-19(28)24-18-10-13(23)8-9-14(15)18/h4-10,12,15,20H,3,11H2,1-2H3,(H,24,28)(H,25,26)(H,27,29). The van der Waals surface area contributed by atoms with Gasteiger partial charge in [-0.1, -0.05) is 38.5 Å². The number of carbonyl (C=O) groups excluding carboxylic acids is 2. The molecule has 0 aliphatic carbocycles. The van der Waals surface area contributed by atoms with E-state index in [2.05, 4.69) is 34.4 Å². The van der Waals surface area contributed by atoms with Crippen LogP contribution in [0.1, 0.15) is 50.0 Å². The summed E-state index contributed by atoms with van der Waals surface area (Å²) < 4.78 is 13.6. The molecule has 0 spiro atoms. The van der Waals surface area contributed by atoms with E-state index in [1.807, 2.05) is 24.3 Å². The smallest absolute Gasteiger partial charge is 0.228 e. The molecule has 6 nitrogen and oxygen atoms in total. The highest BCUT2D eigenvalue weighted by Gasteiger charge is 2.33. The van der Waals surface area contributed by atoms with Crippen LogP contribution in [0.4, 0.5) is 10.1 Å². The van der Waals surface area contributed by atoms with Crippen molar-refractivity contribution in [3.8, 4) is 0 Å². The highest BCUT2D eigenvalue weighted by molar-refractivity contribution is 6.01. The Morgan fingerprint density at radius 3 is 2.86 bits per heavy atom. The summed E-state index contributed by atoms with van der Waals surface area (Å²) in [6.45, 7) is 4.10. The second-order valence-electron chi connectivity index (χ2n) is 7.55. The van der Waals surface area contributed by atoms with Crippen molar-refractivity contribution in [3.63, 3.8) is 0 Å². The fourth-order valence-electron chi connectivity index (χ4n) is 3.76. The van der Waals surface area contributed by atoms with Gasteiger partial charge in [-0.3, -0.25) is 9.59 Å². The molecule has 150 valence electrons. The molecule has 29 heavy (non-hydrogen) atoms. The van der Waals surface area contributed by atoms with Crippen molar-refractivity contribution in [2.24, 2.45) is 5.92 Å². The van der Waals surface area contributed by atoms with Gasteiger partial charge in [0.2, 0.25) is 11.8 Å². The molecule has 0 saturated heterocycles. The minimum Gasteiger partial charge on any atom is -0.345 e. The Morgan fingerprint density at radius 1 is 1.31 bits per heavy atom. The van der Waals surface area contributed by atoms with Crippen molar-refractivity contribution < 1.29 is 14.0 Å². The van der Waals surface area contributed by atoms with Crippen molar-refractivity contribution in [3.05, 3.63) is 59.7 Å². The number of fused-ring (bicyclic) bond motifs is 2. The topological polar surface area (TPSA) is 86.9 Å². The van der Waals surface area contributed by atoms with Crippen molar-refractivity contribution in [2.75, 3.05) is 5.32 Å². The molecule has 4 rings (SSSR count). The highest BCUT2D eigenvalue weighted by Crippen LogP contribution is 2.34. The fraction of sp³-hybridized carbons (Fsp3) is 0.318. The van der Waals surface area contributed by atoms with Crippen molar-refractivity contribution in [1.29, 1.82) is 0 Å². The number of aromatic amines is 1. The molecule has 3 unspecified atom stereocenters. The number of hydrogen-bond donors (Lipinski definition) is 3. The highest BCUT2D eigenvalue weighted by atomic mass is 19.1. The number of nitrogens with one attached hydrogen (secondary N) is 3. The maximum absolute atomic E-state index is 13.6. The van der Waals surface area contributed by atoms with Gasteiger partial charge in [0.25, 0.3) is 0 Å². The molecular formula is C22H23FN4O2. The largest absolute Gasteiger partial charge is 0.345 e. The quantitative estimate of drug-likeness (QED) is 0.611. The van der Waals surface area contributed by atoms with Crippen molar-refractivity contribution in [1.82, 2.24) is 15.3 Å². The lowest BCUT2D eigenvalue weighted by Crippen LogP contribution is -2.39. The lowest BCUT2D eigenvalue weighted by molar-refractivity contribution is -0.127. The molecule has 2 heterocycles. The van der Waals surface area contributed by atoms with E-state index in [-0.39, 0.29) is 30.2 Å². The first-order valence-corrected chi connectivity index (χ1v) is 9.80. The first-order valence-electron chi connectivity index (χ1n) is 9.80. The molecule has 0 radical (unpaired) electrons. The molecule has 2 amide bonds. The number of para-hydroxylation sites is 2. The van der Waals surface area contributed by atoms with E-state index >= 15 is 0 Å². The number of halogens is 1. The lowest BCUT2D eigenvalue weighted by Gasteiger charge is -2.28. The molecule has 3 N–H and O–H groups in total. The van der Waals surface area contributed by atoms with Gasteiger partial charge in [0.1, 0.15) is 11.6 Å². The van der Waals surface area contributed by atoms with Crippen LogP contribution in [-0.4, -0.2) is 21.8 Å². The minimum absolute atomic E-state index is 0.0256. The van der Waals surface area contributed by atoms with E-state index < -0.39 is 11.7 Å². The Balaban J connectivity index is 1.64. The zero-order chi connectivity index (χ0) is 20.5. The molecule has 0 fully saturated rings. The Bertz CT molecular complexity index is 1040. The Hall–Kier alpha value is -3.22. The summed E-state index contributed by atoms with van der Waals surface area (Å²) in [6.07, 6.45) is 0.868. The van der Waals surface area contributed by atoms with Crippen LogP contribution in [0, 0.1) is 11.7 Å². The number of rotatable bonds is 5. The first kappa shape index (κ1) is 19.1. The summed E-state index contributed by atoms with van der Waals surface area (Å²) >= 11 is 0. The minimum atomic E-state index is -0.671. The van der Waals surface area contributed by atoms with Gasteiger partial charge < -0.3 is 15.6 Å². The van der Waals surface area contributed by atoms with Gasteiger partial charge in [0.15, 0.2) is 0 Å².